The SMILES string of the molecule is Cc1cc(NC(=O)C23CCC(NC(=O)c4cnn5cccnc45)(CC2)CC3)c(Cl)cc1F. The Labute approximate surface area is 189 Å². The van der Waals surface area contributed by atoms with Crippen molar-refractivity contribution in [2.24, 2.45) is 5.41 Å². The second kappa shape index (κ2) is 7.55. The van der Waals surface area contributed by atoms with E-state index in [2.05, 4.69) is 20.7 Å². The molecular weight excluding hydrogens is 433 g/mol. The van der Waals surface area contributed by atoms with E-state index < -0.39 is 11.2 Å². The third-order valence-corrected chi connectivity index (χ3v) is 7.44. The number of aryl methyl sites for hydroxylation is 1. The summed E-state index contributed by atoms with van der Waals surface area (Å²) in [6, 6.07) is 4.54. The van der Waals surface area contributed by atoms with Gasteiger partial charge < -0.3 is 10.6 Å². The van der Waals surface area contributed by atoms with Crippen LogP contribution < -0.4 is 10.6 Å². The van der Waals surface area contributed by atoms with Gasteiger partial charge in [-0.1, -0.05) is 11.6 Å². The second-order valence-corrected chi connectivity index (χ2v) is 9.40. The Hall–Kier alpha value is -3.00. The Morgan fingerprint density at radius 1 is 1.16 bits per heavy atom. The summed E-state index contributed by atoms with van der Waals surface area (Å²) in [7, 11) is 0. The molecule has 166 valence electrons. The molecule has 2 heterocycles. The van der Waals surface area contributed by atoms with E-state index in [1.54, 1.807) is 36.0 Å². The van der Waals surface area contributed by atoms with Gasteiger partial charge in [0.15, 0.2) is 5.65 Å². The second-order valence-electron chi connectivity index (χ2n) is 9.00. The number of rotatable bonds is 4. The largest absolute Gasteiger partial charge is 0.346 e. The average molecular weight is 456 g/mol. The quantitative estimate of drug-likeness (QED) is 0.614. The number of hydrogen-bond donors (Lipinski definition) is 2. The van der Waals surface area contributed by atoms with Gasteiger partial charge in [0.05, 0.1) is 16.9 Å². The lowest BCUT2D eigenvalue weighted by molar-refractivity contribution is -0.132. The van der Waals surface area contributed by atoms with Crippen molar-refractivity contribution in [2.45, 2.75) is 51.0 Å². The van der Waals surface area contributed by atoms with Gasteiger partial charge in [-0.2, -0.15) is 5.10 Å². The molecule has 2 bridgehead atoms. The molecule has 0 saturated heterocycles. The molecule has 2 aromatic heterocycles. The number of carbonyl (C=O) groups excluding carboxylic acids is 2. The Bertz CT molecular complexity index is 1220. The average Bonchev–Trinajstić information content (AvgIpc) is 3.23. The fourth-order valence-electron chi connectivity index (χ4n) is 5.02. The van der Waals surface area contributed by atoms with Crippen molar-refractivity contribution >= 4 is 34.7 Å². The summed E-state index contributed by atoms with van der Waals surface area (Å²) in [6.07, 6.45) is 9.08. The third kappa shape index (κ3) is 3.43. The van der Waals surface area contributed by atoms with Gasteiger partial charge in [0.2, 0.25) is 5.91 Å². The van der Waals surface area contributed by atoms with E-state index in [0.29, 0.717) is 41.7 Å². The normalized spacial score (nSPS) is 24.5. The molecule has 6 rings (SSSR count). The van der Waals surface area contributed by atoms with Crippen molar-refractivity contribution in [2.75, 3.05) is 5.32 Å². The first kappa shape index (κ1) is 20.9. The van der Waals surface area contributed by atoms with Crippen LogP contribution >= 0.6 is 11.6 Å². The first-order chi connectivity index (χ1) is 15.3. The Balaban J connectivity index is 1.28. The molecule has 0 unspecified atom stereocenters. The van der Waals surface area contributed by atoms with E-state index in [0.717, 1.165) is 19.3 Å². The van der Waals surface area contributed by atoms with Crippen molar-refractivity contribution in [3.63, 3.8) is 0 Å². The summed E-state index contributed by atoms with van der Waals surface area (Å²) in [5.41, 5.74) is 1.00. The van der Waals surface area contributed by atoms with Crippen molar-refractivity contribution in [1.29, 1.82) is 0 Å². The van der Waals surface area contributed by atoms with Crippen LogP contribution in [0.1, 0.15) is 54.4 Å². The number of amides is 2. The molecule has 0 aliphatic heterocycles. The maximum absolute atomic E-state index is 13.7. The molecule has 3 aliphatic carbocycles. The third-order valence-electron chi connectivity index (χ3n) is 7.13. The van der Waals surface area contributed by atoms with E-state index in [1.807, 2.05) is 0 Å². The van der Waals surface area contributed by atoms with Gasteiger partial charge in [-0.25, -0.2) is 13.9 Å². The number of hydrogen-bond acceptors (Lipinski definition) is 4. The zero-order valence-electron chi connectivity index (χ0n) is 17.6. The fraction of sp³-hybridized carbons (Fsp3) is 0.391. The molecule has 7 nitrogen and oxygen atoms in total. The van der Waals surface area contributed by atoms with Crippen LogP contribution in [-0.4, -0.2) is 32.0 Å². The van der Waals surface area contributed by atoms with Gasteiger partial charge in [-0.3, -0.25) is 9.59 Å². The van der Waals surface area contributed by atoms with Crippen LogP contribution in [0.25, 0.3) is 5.65 Å². The molecule has 0 radical (unpaired) electrons. The highest BCUT2D eigenvalue weighted by atomic mass is 35.5. The molecule has 2 amide bonds. The lowest BCUT2D eigenvalue weighted by atomic mass is 9.57. The molecule has 1 aromatic carbocycles. The molecule has 3 saturated carbocycles. The van der Waals surface area contributed by atoms with Gasteiger partial charge in [0, 0.05) is 23.3 Å². The van der Waals surface area contributed by atoms with Crippen molar-refractivity contribution < 1.29 is 14.0 Å². The monoisotopic (exact) mass is 455 g/mol. The molecule has 2 N–H and O–H groups in total. The lowest BCUT2D eigenvalue weighted by Gasteiger charge is -2.52. The zero-order chi connectivity index (χ0) is 22.5. The fourth-order valence-corrected chi connectivity index (χ4v) is 5.21. The van der Waals surface area contributed by atoms with E-state index in [4.69, 9.17) is 11.6 Å². The molecule has 0 atom stereocenters. The smallest absolute Gasteiger partial charge is 0.257 e. The summed E-state index contributed by atoms with van der Waals surface area (Å²) in [5.74, 6) is -0.675. The molecule has 3 fully saturated rings. The van der Waals surface area contributed by atoms with Crippen LogP contribution in [0.4, 0.5) is 10.1 Å². The van der Waals surface area contributed by atoms with Crippen LogP contribution in [0.2, 0.25) is 5.02 Å². The lowest BCUT2D eigenvalue weighted by Crippen LogP contribution is -2.59. The minimum Gasteiger partial charge on any atom is -0.346 e. The van der Waals surface area contributed by atoms with Crippen LogP contribution in [0.15, 0.2) is 36.8 Å². The first-order valence-electron chi connectivity index (χ1n) is 10.7. The Kier molecular flexibility index (Phi) is 4.93. The maximum Gasteiger partial charge on any atom is 0.257 e. The molecule has 3 aromatic rings. The van der Waals surface area contributed by atoms with Crippen molar-refractivity contribution in [3.05, 3.63) is 58.8 Å². The number of nitrogens with one attached hydrogen (secondary N) is 2. The van der Waals surface area contributed by atoms with Gasteiger partial charge in [0.1, 0.15) is 11.4 Å². The van der Waals surface area contributed by atoms with Crippen molar-refractivity contribution in [3.8, 4) is 0 Å². The summed E-state index contributed by atoms with van der Waals surface area (Å²) in [4.78, 5) is 30.4. The highest BCUT2D eigenvalue weighted by Gasteiger charge is 2.53. The van der Waals surface area contributed by atoms with E-state index in [1.165, 1.54) is 12.3 Å². The minimum absolute atomic E-state index is 0.0862. The standard InChI is InChI=1S/C23H23ClFN5O2/c1-14-11-18(16(24)12-17(14)25)28-21(32)22-3-6-23(7-4-22,8-5-22)29-20(31)15-13-27-30-10-2-9-26-19(15)30/h2,9-13H,3-8H2,1H3,(H,28,32)(H,29,31). The Morgan fingerprint density at radius 3 is 2.59 bits per heavy atom. The van der Waals surface area contributed by atoms with Crippen LogP contribution in [0.3, 0.4) is 0 Å². The number of fused-ring (bicyclic) bond motifs is 4. The van der Waals surface area contributed by atoms with E-state index >= 15 is 0 Å². The number of carbonyl (C=O) groups is 2. The minimum atomic E-state index is -0.496. The summed E-state index contributed by atoms with van der Waals surface area (Å²) in [5, 5.41) is 10.5. The van der Waals surface area contributed by atoms with Gasteiger partial charge in [-0.05, 0) is 69.2 Å². The Morgan fingerprint density at radius 2 is 1.88 bits per heavy atom. The molecule has 3 aliphatic rings. The topological polar surface area (TPSA) is 88.4 Å². The number of halogens is 2. The van der Waals surface area contributed by atoms with Gasteiger partial charge in [0.25, 0.3) is 5.91 Å². The van der Waals surface area contributed by atoms with Gasteiger partial charge in [-0.15, -0.1) is 0 Å². The van der Waals surface area contributed by atoms with Gasteiger partial charge >= 0.3 is 0 Å². The summed E-state index contributed by atoms with van der Waals surface area (Å²) < 4.78 is 15.3. The first-order valence-corrected chi connectivity index (χ1v) is 11.1. The number of anilines is 1. The highest BCUT2D eigenvalue weighted by Crippen LogP contribution is 2.53. The maximum atomic E-state index is 13.7. The molecule has 32 heavy (non-hydrogen) atoms. The highest BCUT2D eigenvalue weighted by molar-refractivity contribution is 6.33. The zero-order valence-corrected chi connectivity index (χ0v) is 18.4. The summed E-state index contributed by atoms with van der Waals surface area (Å²) in [6.45, 7) is 1.64. The van der Waals surface area contributed by atoms with E-state index in [-0.39, 0.29) is 22.4 Å². The van der Waals surface area contributed by atoms with Crippen molar-refractivity contribution in [1.82, 2.24) is 19.9 Å². The predicted molar refractivity (Wildman–Crippen MR) is 118 cm³/mol. The molecule has 9 heteroatoms. The molecular formula is C23H23ClFN5O2. The molecule has 0 spiro atoms. The van der Waals surface area contributed by atoms with Crippen LogP contribution in [0.5, 0.6) is 0 Å². The number of nitrogens with zero attached hydrogens (tertiary/aromatic N) is 3. The number of benzene rings is 1. The van der Waals surface area contributed by atoms with Crippen LogP contribution in [-0.2, 0) is 4.79 Å². The summed E-state index contributed by atoms with van der Waals surface area (Å²) >= 11 is 6.14. The predicted octanol–water partition coefficient (Wildman–Crippen LogP) is 4.29. The van der Waals surface area contributed by atoms with Crippen LogP contribution in [0, 0.1) is 18.2 Å². The van der Waals surface area contributed by atoms with E-state index in [9.17, 15) is 14.0 Å². The number of aromatic nitrogens is 3.